The predicted octanol–water partition coefficient (Wildman–Crippen LogP) is 3.46. The van der Waals surface area contributed by atoms with Crippen molar-refractivity contribution in [3.05, 3.63) is 88.9 Å². The van der Waals surface area contributed by atoms with Crippen LogP contribution >= 0.6 is 0 Å². The molecule has 0 radical (unpaired) electrons. The Morgan fingerprint density at radius 3 is 2.44 bits per heavy atom. The van der Waals surface area contributed by atoms with Gasteiger partial charge < -0.3 is 14.5 Å². The molecule has 2 heterocycles. The highest BCUT2D eigenvalue weighted by molar-refractivity contribution is 6.21. The number of para-hydroxylation sites is 1. The number of benzene rings is 2. The van der Waals surface area contributed by atoms with Crippen LogP contribution in [-0.4, -0.2) is 40.5 Å². The van der Waals surface area contributed by atoms with Crippen molar-refractivity contribution in [3.63, 3.8) is 0 Å². The van der Waals surface area contributed by atoms with Crippen molar-refractivity contribution >= 4 is 35.2 Å². The molecule has 0 saturated heterocycles. The summed E-state index contributed by atoms with van der Waals surface area (Å²) in [5.41, 5.74) is 0.887. The van der Waals surface area contributed by atoms with Gasteiger partial charge in [0.1, 0.15) is 5.76 Å². The van der Waals surface area contributed by atoms with E-state index in [2.05, 4.69) is 5.32 Å². The third-order valence-corrected chi connectivity index (χ3v) is 5.32. The van der Waals surface area contributed by atoms with Crippen molar-refractivity contribution in [2.75, 3.05) is 5.32 Å². The molecule has 0 bridgehead atoms. The molecule has 9 heteroatoms. The monoisotopic (exact) mass is 460 g/mol. The Balaban J connectivity index is 1.45. The highest BCUT2D eigenvalue weighted by Crippen LogP contribution is 2.26. The number of hydrogen-bond acceptors (Lipinski definition) is 7. The third kappa shape index (κ3) is 4.36. The SMILES string of the molecule is CC(=O)c1ccccc1NC(=O)C(C)OC(=O)c1ccc2c(c1)C(=O)N(Cc1ccco1)C2=O. The van der Waals surface area contributed by atoms with Gasteiger partial charge >= 0.3 is 5.97 Å². The van der Waals surface area contributed by atoms with E-state index in [1.807, 2.05) is 0 Å². The van der Waals surface area contributed by atoms with Crippen LogP contribution in [0.1, 0.15) is 61.0 Å². The Morgan fingerprint density at radius 2 is 1.74 bits per heavy atom. The molecule has 1 N–H and O–H groups in total. The average Bonchev–Trinajstić information content (AvgIpc) is 3.42. The Kier molecular flexibility index (Phi) is 6.09. The first-order chi connectivity index (χ1) is 16.3. The maximum absolute atomic E-state index is 12.7. The van der Waals surface area contributed by atoms with Gasteiger partial charge in [-0.2, -0.15) is 0 Å². The molecule has 0 fully saturated rings. The molecule has 9 nitrogen and oxygen atoms in total. The summed E-state index contributed by atoms with van der Waals surface area (Å²) in [7, 11) is 0. The number of carbonyl (C=O) groups is 5. The molecule has 1 aliphatic heterocycles. The second kappa shape index (κ2) is 9.14. The Morgan fingerprint density at radius 1 is 1.00 bits per heavy atom. The van der Waals surface area contributed by atoms with E-state index in [4.69, 9.17) is 9.15 Å². The lowest BCUT2D eigenvalue weighted by atomic mass is 10.1. The van der Waals surface area contributed by atoms with Crippen LogP contribution in [0.5, 0.6) is 0 Å². The summed E-state index contributed by atoms with van der Waals surface area (Å²) in [5, 5.41) is 2.58. The second-order valence-electron chi connectivity index (χ2n) is 7.67. The lowest BCUT2D eigenvalue weighted by Gasteiger charge is -2.15. The molecular formula is C25H20N2O7. The maximum Gasteiger partial charge on any atom is 0.338 e. The number of nitrogens with zero attached hydrogens (tertiary/aromatic N) is 1. The van der Waals surface area contributed by atoms with Gasteiger partial charge in [-0.3, -0.25) is 24.1 Å². The van der Waals surface area contributed by atoms with Gasteiger partial charge in [0, 0.05) is 5.56 Å². The summed E-state index contributed by atoms with van der Waals surface area (Å²) >= 11 is 0. The number of Topliss-reactive ketones (excluding diaryl/α,β-unsaturated/α-hetero) is 1. The largest absolute Gasteiger partial charge is 0.467 e. The van der Waals surface area contributed by atoms with Crippen molar-refractivity contribution in [3.8, 4) is 0 Å². The predicted molar refractivity (Wildman–Crippen MR) is 119 cm³/mol. The topological polar surface area (TPSA) is 123 Å². The van der Waals surface area contributed by atoms with Crippen LogP contribution in [-0.2, 0) is 16.1 Å². The summed E-state index contributed by atoms with van der Waals surface area (Å²) in [5.74, 6) is -2.29. The number of furan rings is 1. The van der Waals surface area contributed by atoms with E-state index in [0.717, 1.165) is 4.90 Å². The van der Waals surface area contributed by atoms with Crippen molar-refractivity contribution in [2.24, 2.45) is 0 Å². The first-order valence-electron chi connectivity index (χ1n) is 10.4. The maximum atomic E-state index is 12.7. The molecule has 172 valence electrons. The molecule has 2 aromatic carbocycles. The summed E-state index contributed by atoms with van der Waals surface area (Å²) in [6, 6.07) is 13.8. The normalized spacial score (nSPS) is 13.4. The zero-order chi connectivity index (χ0) is 24.4. The lowest BCUT2D eigenvalue weighted by Crippen LogP contribution is -2.30. The number of ether oxygens (including phenoxy) is 1. The molecule has 0 spiro atoms. The number of anilines is 1. The fourth-order valence-corrected chi connectivity index (χ4v) is 3.54. The van der Waals surface area contributed by atoms with Crippen LogP contribution in [0.4, 0.5) is 5.69 Å². The van der Waals surface area contributed by atoms with Crippen LogP contribution < -0.4 is 5.32 Å². The van der Waals surface area contributed by atoms with Crippen LogP contribution in [0.2, 0.25) is 0 Å². The van der Waals surface area contributed by atoms with Crippen molar-refractivity contribution in [1.29, 1.82) is 0 Å². The minimum Gasteiger partial charge on any atom is -0.467 e. The number of carbonyl (C=O) groups excluding carboxylic acids is 5. The van der Waals surface area contributed by atoms with E-state index in [-0.39, 0.29) is 29.0 Å². The van der Waals surface area contributed by atoms with E-state index in [1.165, 1.54) is 38.3 Å². The smallest absolute Gasteiger partial charge is 0.338 e. The van der Waals surface area contributed by atoms with Crippen molar-refractivity contribution < 1.29 is 33.1 Å². The quantitative estimate of drug-likeness (QED) is 0.325. The number of esters is 1. The van der Waals surface area contributed by atoms with Crippen LogP contribution in [0.15, 0.2) is 65.3 Å². The van der Waals surface area contributed by atoms with Gasteiger partial charge in [-0.05, 0) is 56.3 Å². The standard InChI is InChI=1S/C25H20N2O7/c1-14(28)18-7-3-4-8-21(18)26-22(29)15(2)34-25(32)16-9-10-19-20(12-16)24(31)27(23(19)30)13-17-6-5-11-33-17/h3-12,15H,13H2,1-2H3,(H,26,29). The lowest BCUT2D eigenvalue weighted by molar-refractivity contribution is -0.123. The van der Waals surface area contributed by atoms with Gasteiger partial charge in [0.15, 0.2) is 11.9 Å². The minimum atomic E-state index is -1.19. The molecule has 3 amide bonds. The molecule has 1 unspecified atom stereocenters. The van der Waals surface area contributed by atoms with E-state index < -0.39 is 29.8 Å². The zero-order valence-corrected chi connectivity index (χ0v) is 18.4. The number of imide groups is 1. The van der Waals surface area contributed by atoms with Crippen molar-refractivity contribution in [1.82, 2.24) is 4.90 Å². The molecular weight excluding hydrogens is 440 g/mol. The van der Waals surface area contributed by atoms with E-state index >= 15 is 0 Å². The number of fused-ring (bicyclic) bond motifs is 1. The van der Waals surface area contributed by atoms with Gasteiger partial charge in [0.05, 0.1) is 35.2 Å². The number of ketones is 1. The van der Waals surface area contributed by atoms with Crippen LogP contribution in [0.3, 0.4) is 0 Å². The van der Waals surface area contributed by atoms with Gasteiger partial charge in [-0.25, -0.2) is 4.79 Å². The summed E-state index contributed by atoms with van der Waals surface area (Å²) in [6.45, 7) is 2.74. The van der Waals surface area contributed by atoms with Gasteiger partial charge in [-0.15, -0.1) is 0 Å². The number of rotatable bonds is 7. The molecule has 1 atom stereocenters. The van der Waals surface area contributed by atoms with Gasteiger partial charge in [0.25, 0.3) is 17.7 Å². The number of nitrogens with one attached hydrogen (secondary N) is 1. The molecule has 4 rings (SSSR count). The summed E-state index contributed by atoms with van der Waals surface area (Å²) < 4.78 is 10.4. The molecule has 0 aliphatic carbocycles. The highest BCUT2D eigenvalue weighted by Gasteiger charge is 2.36. The van der Waals surface area contributed by atoms with E-state index in [0.29, 0.717) is 17.0 Å². The zero-order valence-electron chi connectivity index (χ0n) is 18.4. The summed E-state index contributed by atoms with van der Waals surface area (Å²) in [4.78, 5) is 63.3. The molecule has 0 saturated carbocycles. The van der Waals surface area contributed by atoms with Crippen molar-refractivity contribution in [2.45, 2.75) is 26.5 Å². The van der Waals surface area contributed by atoms with Gasteiger partial charge in [-0.1, -0.05) is 12.1 Å². The third-order valence-electron chi connectivity index (χ3n) is 5.32. The minimum absolute atomic E-state index is 0.0172. The van der Waals surface area contributed by atoms with Crippen LogP contribution in [0, 0.1) is 0 Å². The average molecular weight is 460 g/mol. The van der Waals surface area contributed by atoms with E-state index in [9.17, 15) is 24.0 Å². The Bertz CT molecular complexity index is 1310. The van der Waals surface area contributed by atoms with Gasteiger partial charge in [0.2, 0.25) is 0 Å². The second-order valence-corrected chi connectivity index (χ2v) is 7.67. The molecule has 34 heavy (non-hydrogen) atoms. The first kappa shape index (κ1) is 22.7. The Hall–Kier alpha value is -4.53. The van der Waals surface area contributed by atoms with Crippen LogP contribution in [0.25, 0.3) is 0 Å². The fourth-order valence-electron chi connectivity index (χ4n) is 3.54. The number of amides is 3. The Labute approximate surface area is 194 Å². The molecule has 1 aromatic heterocycles. The molecule has 3 aromatic rings. The number of hydrogen-bond donors (Lipinski definition) is 1. The molecule has 1 aliphatic rings. The first-order valence-corrected chi connectivity index (χ1v) is 10.4. The summed E-state index contributed by atoms with van der Waals surface area (Å²) in [6.07, 6.45) is 0.256. The highest BCUT2D eigenvalue weighted by atomic mass is 16.5. The fraction of sp³-hybridized carbons (Fsp3) is 0.160. The van der Waals surface area contributed by atoms with E-state index in [1.54, 1.807) is 36.4 Å².